The van der Waals surface area contributed by atoms with E-state index in [1.54, 1.807) is 26.4 Å². The highest BCUT2D eigenvalue weighted by atomic mass is 16.5. The van der Waals surface area contributed by atoms with Crippen molar-refractivity contribution < 1.29 is 14.3 Å². The number of rotatable bonds is 5. The summed E-state index contributed by atoms with van der Waals surface area (Å²) in [6, 6.07) is 5.96. The van der Waals surface area contributed by atoms with Crippen LogP contribution in [-0.4, -0.2) is 31.6 Å². The second-order valence-corrected chi connectivity index (χ2v) is 5.19. The molecule has 1 aliphatic heterocycles. The highest BCUT2D eigenvalue weighted by Crippen LogP contribution is 2.36. The maximum absolute atomic E-state index is 12.3. The van der Waals surface area contributed by atoms with Gasteiger partial charge in [-0.3, -0.25) is 4.79 Å². The number of likely N-dealkylation sites (tertiary alicyclic amines) is 1. The number of nitrogens with zero attached hydrogens (tertiary/aromatic N) is 1. The van der Waals surface area contributed by atoms with E-state index in [-0.39, 0.29) is 11.9 Å². The Balaban J connectivity index is 2.21. The molecule has 1 aliphatic rings. The minimum Gasteiger partial charge on any atom is -0.493 e. The fraction of sp³-hybridized carbons (Fsp3) is 0.389. The number of carbonyl (C=O) groups excluding carboxylic acids is 1. The molecule has 1 aromatic carbocycles. The molecule has 1 unspecified atom stereocenters. The summed E-state index contributed by atoms with van der Waals surface area (Å²) in [7, 11) is 3.24. The quantitative estimate of drug-likeness (QED) is 0.617. The lowest BCUT2D eigenvalue weighted by Crippen LogP contribution is -2.28. The van der Waals surface area contributed by atoms with Gasteiger partial charge in [0.25, 0.3) is 0 Å². The molecule has 118 valence electrons. The van der Waals surface area contributed by atoms with E-state index in [1.165, 1.54) is 0 Å². The first-order chi connectivity index (χ1) is 10.7. The second kappa shape index (κ2) is 7.69. The Morgan fingerprint density at radius 3 is 2.68 bits per heavy atom. The third-order valence-electron chi connectivity index (χ3n) is 3.87. The lowest BCUT2D eigenvalue weighted by atomic mass is 10.0. The molecule has 0 N–H and O–H groups in total. The number of methoxy groups -OCH3 is 2. The molecular weight excluding hydrogens is 278 g/mol. The van der Waals surface area contributed by atoms with Crippen molar-refractivity contribution in [3.8, 4) is 11.5 Å². The summed E-state index contributed by atoms with van der Waals surface area (Å²) in [5.74, 6) is 1.45. The molecule has 2 rings (SSSR count). The zero-order valence-corrected chi connectivity index (χ0v) is 13.4. The summed E-state index contributed by atoms with van der Waals surface area (Å²) in [5.41, 5.74) is 1.09. The van der Waals surface area contributed by atoms with E-state index in [2.05, 4.69) is 0 Å². The van der Waals surface area contributed by atoms with E-state index < -0.39 is 0 Å². The van der Waals surface area contributed by atoms with E-state index in [1.807, 2.05) is 42.2 Å². The average Bonchev–Trinajstić information content (AvgIpc) is 3.04. The Morgan fingerprint density at radius 1 is 1.23 bits per heavy atom. The molecule has 0 radical (unpaired) electrons. The van der Waals surface area contributed by atoms with Gasteiger partial charge in [-0.2, -0.15) is 0 Å². The summed E-state index contributed by atoms with van der Waals surface area (Å²) in [6.45, 7) is 2.72. The van der Waals surface area contributed by atoms with Crippen LogP contribution in [0.4, 0.5) is 0 Å². The zero-order valence-electron chi connectivity index (χ0n) is 13.4. The molecule has 0 spiro atoms. The highest BCUT2D eigenvalue weighted by Gasteiger charge is 2.29. The van der Waals surface area contributed by atoms with Crippen LogP contribution in [0.5, 0.6) is 11.5 Å². The number of hydrogen-bond donors (Lipinski definition) is 0. The Bertz CT molecular complexity index is 578. The Kier molecular flexibility index (Phi) is 5.64. The molecule has 1 saturated heterocycles. The largest absolute Gasteiger partial charge is 0.493 e. The predicted molar refractivity (Wildman–Crippen MR) is 87.2 cm³/mol. The third kappa shape index (κ3) is 3.50. The van der Waals surface area contributed by atoms with E-state index in [9.17, 15) is 4.79 Å². The predicted octanol–water partition coefficient (Wildman–Crippen LogP) is 3.50. The van der Waals surface area contributed by atoms with Crippen LogP contribution < -0.4 is 9.47 Å². The summed E-state index contributed by atoms with van der Waals surface area (Å²) in [4.78, 5) is 14.2. The molecule has 22 heavy (non-hydrogen) atoms. The van der Waals surface area contributed by atoms with Crippen LogP contribution >= 0.6 is 0 Å². The average molecular weight is 301 g/mol. The van der Waals surface area contributed by atoms with Gasteiger partial charge in [-0.25, -0.2) is 0 Å². The van der Waals surface area contributed by atoms with Gasteiger partial charge in [0.1, 0.15) is 0 Å². The van der Waals surface area contributed by atoms with Crippen LogP contribution in [0.3, 0.4) is 0 Å². The van der Waals surface area contributed by atoms with Gasteiger partial charge in [-0.15, -0.1) is 0 Å². The number of hydrogen-bond acceptors (Lipinski definition) is 3. The van der Waals surface area contributed by atoms with Crippen LogP contribution in [0, 0.1) is 0 Å². The van der Waals surface area contributed by atoms with Gasteiger partial charge < -0.3 is 14.4 Å². The van der Waals surface area contributed by atoms with Crippen LogP contribution in [-0.2, 0) is 4.79 Å². The van der Waals surface area contributed by atoms with Gasteiger partial charge in [0.05, 0.1) is 20.3 Å². The minimum absolute atomic E-state index is 0.0513. The summed E-state index contributed by atoms with van der Waals surface area (Å²) in [6.07, 6.45) is 9.16. The first kappa shape index (κ1) is 16.1. The summed E-state index contributed by atoms with van der Waals surface area (Å²) < 4.78 is 10.6. The summed E-state index contributed by atoms with van der Waals surface area (Å²) >= 11 is 0. The van der Waals surface area contributed by atoms with E-state index in [0.717, 1.165) is 24.9 Å². The van der Waals surface area contributed by atoms with Gasteiger partial charge >= 0.3 is 0 Å². The van der Waals surface area contributed by atoms with Crippen molar-refractivity contribution in [2.75, 3.05) is 20.8 Å². The van der Waals surface area contributed by atoms with Gasteiger partial charge in [-0.05, 0) is 37.5 Å². The topological polar surface area (TPSA) is 38.8 Å². The number of amides is 1. The molecule has 4 heteroatoms. The molecule has 0 aliphatic carbocycles. The molecular formula is C18H23NO3. The van der Waals surface area contributed by atoms with Crippen molar-refractivity contribution in [2.45, 2.75) is 25.8 Å². The normalized spacial score (nSPS) is 18.3. The molecule has 4 nitrogen and oxygen atoms in total. The van der Waals surface area contributed by atoms with Crippen molar-refractivity contribution in [3.63, 3.8) is 0 Å². The minimum atomic E-state index is 0.0513. The maximum atomic E-state index is 12.3. The molecule has 0 aromatic heterocycles. The Hall–Kier alpha value is -2.23. The molecule has 1 heterocycles. The van der Waals surface area contributed by atoms with Crippen molar-refractivity contribution >= 4 is 5.91 Å². The second-order valence-electron chi connectivity index (χ2n) is 5.19. The molecule has 1 amide bonds. The number of benzene rings is 1. The lowest BCUT2D eigenvalue weighted by molar-refractivity contribution is -0.126. The third-order valence-corrected chi connectivity index (χ3v) is 3.87. The van der Waals surface area contributed by atoms with Crippen molar-refractivity contribution in [2.24, 2.45) is 0 Å². The first-order valence-corrected chi connectivity index (χ1v) is 7.53. The number of ether oxygens (including phenoxy) is 2. The molecule has 0 saturated carbocycles. The highest BCUT2D eigenvalue weighted by molar-refractivity contribution is 5.88. The molecule has 1 aromatic rings. The van der Waals surface area contributed by atoms with E-state index in [4.69, 9.17) is 9.47 Å². The fourth-order valence-electron chi connectivity index (χ4n) is 2.78. The number of allylic oxidation sites excluding steroid dienone is 3. The van der Waals surface area contributed by atoms with Crippen LogP contribution in [0.25, 0.3) is 0 Å². The van der Waals surface area contributed by atoms with Gasteiger partial charge in [0.2, 0.25) is 5.91 Å². The molecule has 1 fully saturated rings. The molecule has 1 atom stereocenters. The molecule has 0 bridgehead atoms. The monoisotopic (exact) mass is 301 g/mol. The van der Waals surface area contributed by atoms with E-state index >= 15 is 0 Å². The van der Waals surface area contributed by atoms with Crippen LogP contribution in [0.2, 0.25) is 0 Å². The van der Waals surface area contributed by atoms with Crippen molar-refractivity contribution in [1.82, 2.24) is 4.90 Å². The Labute approximate surface area is 132 Å². The maximum Gasteiger partial charge on any atom is 0.247 e. The lowest BCUT2D eigenvalue weighted by Gasteiger charge is -2.24. The fourth-order valence-corrected chi connectivity index (χ4v) is 2.78. The van der Waals surface area contributed by atoms with Gasteiger partial charge in [-0.1, -0.05) is 24.3 Å². The van der Waals surface area contributed by atoms with Gasteiger partial charge in [0, 0.05) is 12.6 Å². The van der Waals surface area contributed by atoms with Gasteiger partial charge in [0.15, 0.2) is 11.5 Å². The van der Waals surface area contributed by atoms with Crippen LogP contribution in [0.1, 0.15) is 31.4 Å². The number of carbonyl (C=O) groups is 1. The first-order valence-electron chi connectivity index (χ1n) is 7.53. The van der Waals surface area contributed by atoms with E-state index in [0.29, 0.717) is 11.5 Å². The van der Waals surface area contributed by atoms with Crippen molar-refractivity contribution in [1.29, 1.82) is 0 Å². The zero-order chi connectivity index (χ0) is 15.9. The van der Waals surface area contributed by atoms with Crippen LogP contribution in [0.15, 0.2) is 42.5 Å². The van der Waals surface area contributed by atoms with Crippen molar-refractivity contribution in [3.05, 3.63) is 48.1 Å². The Morgan fingerprint density at radius 2 is 2.00 bits per heavy atom. The smallest absolute Gasteiger partial charge is 0.247 e. The SMILES string of the molecule is C/C=C/C=C/C(=O)N1CCCC1c1ccc(OC)c(OC)c1. The summed E-state index contributed by atoms with van der Waals surface area (Å²) in [5, 5.41) is 0. The standard InChI is InChI=1S/C18H23NO3/c1-4-5-6-9-18(20)19-12-7-8-15(19)14-10-11-16(21-2)17(13-14)22-3/h4-6,9-11,13,15H,7-8,12H2,1-3H3/b5-4+,9-6+.